The highest BCUT2D eigenvalue weighted by atomic mass is 16.3. The summed E-state index contributed by atoms with van der Waals surface area (Å²) in [6.45, 7) is 0. The summed E-state index contributed by atoms with van der Waals surface area (Å²) in [5.74, 6) is 0. The molecule has 0 amide bonds. The van der Waals surface area contributed by atoms with Gasteiger partial charge in [0.05, 0.1) is 33.5 Å². The van der Waals surface area contributed by atoms with Crippen LogP contribution in [0, 0.1) is 0 Å². The van der Waals surface area contributed by atoms with E-state index in [1.165, 1.54) is 5.39 Å². The van der Waals surface area contributed by atoms with Gasteiger partial charge in [0.2, 0.25) is 0 Å². The fourth-order valence-electron chi connectivity index (χ4n) is 9.06. The van der Waals surface area contributed by atoms with Gasteiger partial charge in [0.25, 0.3) is 0 Å². The first-order valence-corrected chi connectivity index (χ1v) is 19.7. The lowest BCUT2D eigenvalue weighted by atomic mass is 10.0. The Morgan fingerprint density at radius 3 is 1.76 bits per heavy atom. The average molecular weight is 743 g/mol. The molecule has 272 valence electrons. The Morgan fingerprint density at radius 1 is 0.345 bits per heavy atom. The largest absolute Gasteiger partial charge is 0.456 e. The Bertz CT molecular complexity index is 3500. The molecule has 0 N–H and O–H groups in total. The van der Waals surface area contributed by atoms with E-state index in [-0.39, 0.29) is 0 Å². The summed E-state index contributed by atoms with van der Waals surface area (Å²) in [6.07, 6.45) is 0. The molecule has 4 nitrogen and oxygen atoms in total. The smallest absolute Gasteiger partial charge is 0.159 e. The Morgan fingerprint density at radius 2 is 0.948 bits per heavy atom. The number of hydrogen-bond acceptors (Lipinski definition) is 3. The lowest BCUT2D eigenvalue weighted by Crippen LogP contribution is -2.11. The Labute approximate surface area is 334 Å². The molecule has 0 fully saturated rings. The summed E-state index contributed by atoms with van der Waals surface area (Å²) in [5.41, 5.74) is 14.2. The van der Waals surface area contributed by atoms with Gasteiger partial charge in [0.15, 0.2) is 5.58 Å². The van der Waals surface area contributed by atoms with E-state index in [1.54, 1.807) is 0 Å². The second-order valence-electron chi connectivity index (χ2n) is 14.8. The minimum absolute atomic E-state index is 0.820. The van der Waals surface area contributed by atoms with Gasteiger partial charge in [-0.15, -0.1) is 0 Å². The summed E-state index contributed by atoms with van der Waals surface area (Å²) >= 11 is 0. The molecule has 0 aliphatic carbocycles. The summed E-state index contributed by atoms with van der Waals surface area (Å²) in [5, 5.41) is 6.55. The number of hydrogen-bond donors (Lipinski definition) is 0. The summed E-state index contributed by atoms with van der Waals surface area (Å²) in [4.78, 5) is 2.40. The molecule has 3 heterocycles. The predicted octanol–water partition coefficient (Wildman–Crippen LogP) is 15.4. The molecule has 0 saturated carbocycles. The van der Waals surface area contributed by atoms with Crippen molar-refractivity contribution in [3.05, 3.63) is 206 Å². The molecule has 0 radical (unpaired) electrons. The Hall–Kier alpha value is -7.82. The van der Waals surface area contributed by atoms with Gasteiger partial charge in [-0.3, -0.25) is 0 Å². The average Bonchev–Trinajstić information content (AvgIpc) is 3.98. The number of anilines is 3. The summed E-state index contributed by atoms with van der Waals surface area (Å²) in [6, 6.07) is 72.9. The third kappa shape index (κ3) is 4.88. The van der Waals surface area contributed by atoms with Gasteiger partial charge in [-0.25, -0.2) is 0 Å². The molecule has 0 unspecified atom stereocenters. The molecule has 58 heavy (non-hydrogen) atoms. The van der Waals surface area contributed by atoms with E-state index in [1.807, 2.05) is 6.07 Å². The first kappa shape index (κ1) is 32.4. The molecule has 0 bridgehead atoms. The van der Waals surface area contributed by atoms with E-state index in [4.69, 9.17) is 8.83 Å². The number of nitrogens with zero attached hydrogens (tertiary/aromatic N) is 2. The van der Waals surface area contributed by atoms with Gasteiger partial charge < -0.3 is 18.3 Å². The van der Waals surface area contributed by atoms with Gasteiger partial charge in [0, 0.05) is 38.2 Å². The standard InChI is InChI=1S/C54H34N2O2/c1-4-16-35(17-5-1)37-32-33-43-50(34-37)57-49-31-15-29-47(52(43)49)56(46-28-14-27-45-51(46)42-22-10-11-26-44(42)55(45)38-20-8-3-9-21-38)48-30-13-25-41-40-24-12-23-39(53(40)58-54(41)48)36-18-6-2-7-19-36/h1-34H. The molecule has 4 heteroatoms. The Balaban J connectivity index is 1.19. The van der Waals surface area contributed by atoms with Gasteiger partial charge in [-0.2, -0.15) is 0 Å². The van der Waals surface area contributed by atoms with Crippen molar-refractivity contribution in [3.63, 3.8) is 0 Å². The van der Waals surface area contributed by atoms with Crippen LogP contribution in [-0.4, -0.2) is 4.57 Å². The molecule has 3 aromatic heterocycles. The van der Waals surface area contributed by atoms with Crippen LogP contribution in [-0.2, 0) is 0 Å². The fraction of sp³-hybridized carbons (Fsp3) is 0. The molecular formula is C54H34N2O2. The van der Waals surface area contributed by atoms with Crippen molar-refractivity contribution < 1.29 is 8.83 Å². The quantitative estimate of drug-likeness (QED) is 0.170. The molecule has 0 atom stereocenters. The second kappa shape index (κ2) is 12.9. The van der Waals surface area contributed by atoms with Crippen LogP contribution in [0.5, 0.6) is 0 Å². The normalized spacial score (nSPS) is 11.8. The zero-order valence-corrected chi connectivity index (χ0v) is 31.3. The van der Waals surface area contributed by atoms with E-state index >= 15 is 0 Å². The predicted molar refractivity (Wildman–Crippen MR) is 241 cm³/mol. The van der Waals surface area contributed by atoms with Crippen molar-refractivity contribution in [3.8, 4) is 27.9 Å². The monoisotopic (exact) mass is 742 g/mol. The highest BCUT2D eigenvalue weighted by Gasteiger charge is 2.27. The minimum Gasteiger partial charge on any atom is -0.456 e. The van der Waals surface area contributed by atoms with Crippen molar-refractivity contribution in [2.24, 2.45) is 0 Å². The van der Waals surface area contributed by atoms with E-state index in [9.17, 15) is 0 Å². The second-order valence-corrected chi connectivity index (χ2v) is 14.8. The summed E-state index contributed by atoms with van der Waals surface area (Å²) < 4.78 is 16.3. The number of rotatable bonds is 6. The summed E-state index contributed by atoms with van der Waals surface area (Å²) in [7, 11) is 0. The van der Waals surface area contributed by atoms with E-state index in [2.05, 4.69) is 210 Å². The highest BCUT2D eigenvalue weighted by molar-refractivity contribution is 6.22. The third-order valence-corrected chi connectivity index (χ3v) is 11.6. The van der Waals surface area contributed by atoms with Gasteiger partial charge >= 0.3 is 0 Å². The number of aromatic nitrogens is 1. The number of fused-ring (bicyclic) bond motifs is 9. The molecule has 0 aliphatic heterocycles. The maximum atomic E-state index is 7.14. The lowest BCUT2D eigenvalue weighted by Gasteiger charge is -2.27. The van der Waals surface area contributed by atoms with Gasteiger partial charge in [-0.05, 0) is 77.4 Å². The van der Waals surface area contributed by atoms with Gasteiger partial charge in [0.1, 0.15) is 16.7 Å². The van der Waals surface area contributed by atoms with Crippen molar-refractivity contribution >= 4 is 82.7 Å². The molecule has 0 aliphatic rings. The van der Waals surface area contributed by atoms with E-state index in [0.717, 1.165) is 105 Å². The van der Waals surface area contributed by atoms with Crippen molar-refractivity contribution in [2.45, 2.75) is 0 Å². The Kier molecular flexibility index (Phi) is 7.20. The molecule has 9 aromatic carbocycles. The van der Waals surface area contributed by atoms with Crippen LogP contribution in [0.1, 0.15) is 0 Å². The number of furan rings is 2. The maximum absolute atomic E-state index is 7.14. The van der Waals surface area contributed by atoms with Crippen LogP contribution in [0.25, 0.3) is 93.6 Å². The zero-order valence-electron chi connectivity index (χ0n) is 31.3. The molecule has 0 saturated heterocycles. The van der Waals surface area contributed by atoms with Crippen LogP contribution in [0.3, 0.4) is 0 Å². The van der Waals surface area contributed by atoms with Crippen LogP contribution in [0.15, 0.2) is 215 Å². The molecule has 12 rings (SSSR count). The van der Waals surface area contributed by atoms with Crippen LogP contribution in [0.2, 0.25) is 0 Å². The molecule has 12 aromatic rings. The van der Waals surface area contributed by atoms with Crippen LogP contribution < -0.4 is 4.90 Å². The van der Waals surface area contributed by atoms with Crippen molar-refractivity contribution in [2.75, 3.05) is 4.90 Å². The van der Waals surface area contributed by atoms with E-state index < -0.39 is 0 Å². The molecule has 0 spiro atoms. The van der Waals surface area contributed by atoms with Gasteiger partial charge in [-0.1, -0.05) is 146 Å². The number of benzene rings is 9. The first-order valence-electron chi connectivity index (χ1n) is 19.7. The SMILES string of the molecule is c1ccc(-c2ccc3c(c2)oc2cccc(N(c4cccc5c4oc4c(-c6ccccc6)cccc45)c4cccc5c4c4ccccc4n5-c4ccccc4)c23)cc1. The fourth-order valence-corrected chi connectivity index (χ4v) is 9.06. The van der Waals surface area contributed by atoms with Crippen LogP contribution >= 0.6 is 0 Å². The highest BCUT2D eigenvalue weighted by Crippen LogP contribution is 2.50. The van der Waals surface area contributed by atoms with E-state index in [0.29, 0.717) is 0 Å². The number of para-hydroxylation sites is 4. The molecular weight excluding hydrogens is 709 g/mol. The topological polar surface area (TPSA) is 34.5 Å². The van der Waals surface area contributed by atoms with Crippen LogP contribution in [0.4, 0.5) is 17.1 Å². The minimum atomic E-state index is 0.820. The lowest BCUT2D eigenvalue weighted by molar-refractivity contribution is 0.668. The maximum Gasteiger partial charge on any atom is 0.159 e. The third-order valence-electron chi connectivity index (χ3n) is 11.6. The zero-order chi connectivity index (χ0) is 38.2. The first-order chi connectivity index (χ1) is 28.8. The van der Waals surface area contributed by atoms with Crippen molar-refractivity contribution in [1.29, 1.82) is 0 Å². The van der Waals surface area contributed by atoms with Crippen molar-refractivity contribution in [1.82, 2.24) is 4.57 Å².